The molecule has 2 N–H and O–H groups in total. The number of aliphatic hydroxyl groups is 1. The minimum Gasteiger partial charge on any atom is -0.396 e. The number of halogens is 1. The summed E-state index contributed by atoms with van der Waals surface area (Å²) in [4.78, 5) is 25.8. The van der Waals surface area contributed by atoms with Gasteiger partial charge in [-0.3, -0.25) is 9.59 Å². The van der Waals surface area contributed by atoms with Gasteiger partial charge < -0.3 is 15.3 Å². The summed E-state index contributed by atoms with van der Waals surface area (Å²) in [5.74, 6) is -1.44. The molecule has 1 aromatic rings. The highest BCUT2D eigenvalue weighted by Crippen LogP contribution is 2.19. The van der Waals surface area contributed by atoms with Crippen LogP contribution in [0.2, 0.25) is 0 Å². The van der Waals surface area contributed by atoms with Gasteiger partial charge in [0.25, 0.3) is 0 Å². The molecule has 1 heterocycles. The lowest BCUT2D eigenvalue weighted by atomic mass is 9.99. The molecule has 6 heteroatoms. The van der Waals surface area contributed by atoms with Crippen molar-refractivity contribution in [2.45, 2.75) is 38.1 Å². The van der Waals surface area contributed by atoms with E-state index in [-0.39, 0.29) is 18.5 Å². The second-order valence-corrected chi connectivity index (χ2v) is 5.79. The van der Waals surface area contributed by atoms with Gasteiger partial charge in [0.2, 0.25) is 0 Å². The van der Waals surface area contributed by atoms with E-state index >= 15 is 0 Å². The monoisotopic (exact) mass is 322 g/mol. The number of carbonyl (C=O) groups is 2. The third kappa shape index (κ3) is 5.03. The highest BCUT2D eigenvalue weighted by molar-refractivity contribution is 6.35. The van der Waals surface area contributed by atoms with Crippen molar-refractivity contribution in [3.8, 4) is 0 Å². The molecule has 2 amide bonds. The molecule has 1 saturated heterocycles. The molecule has 5 nitrogen and oxygen atoms in total. The Kier molecular flexibility index (Phi) is 6.52. The second kappa shape index (κ2) is 8.62. The number of amides is 2. The number of benzene rings is 1. The summed E-state index contributed by atoms with van der Waals surface area (Å²) in [5, 5.41) is 11.7. The summed E-state index contributed by atoms with van der Waals surface area (Å²) >= 11 is 0. The minimum absolute atomic E-state index is 0.0145. The number of aliphatic hydroxyl groups excluding tert-OH is 1. The highest BCUT2D eigenvalue weighted by atomic mass is 19.1. The molecule has 0 radical (unpaired) electrons. The van der Waals surface area contributed by atoms with E-state index in [1.807, 2.05) is 0 Å². The van der Waals surface area contributed by atoms with Gasteiger partial charge in [0, 0.05) is 25.7 Å². The van der Waals surface area contributed by atoms with Crippen LogP contribution in [0.1, 0.15) is 31.2 Å². The van der Waals surface area contributed by atoms with Crippen molar-refractivity contribution < 1.29 is 19.1 Å². The van der Waals surface area contributed by atoms with Crippen molar-refractivity contribution in [1.82, 2.24) is 10.2 Å². The second-order valence-electron chi connectivity index (χ2n) is 5.79. The fraction of sp³-hybridized carbons (Fsp3) is 0.529. The maximum Gasteiger partial charge on any atom is 0.312 e. The molecule has 23 heavy (non-hydrogen) atoms. The van der Waals surface area contributed by atoms with Gasteiger partial charge in [-0.1, -0.05) is 12.1 Å². The lowest BCUT2D eigenvalue weighted by molar-refractivity contribution is -0.148. The van der Waals surface area contributed by atoms with Crippen LogP contribution in [0.15, 0.2) is 24.3 Å². The number of carbonyl (C=O) groups excluding carboxylic acids is 2. The van der Waals surface area contributed by atoms with Gasteiger partial charge in [0.15, 0.2) is 0 Å². The molecule has 0 aromatic heterocycles. The van der Waals surface area contributed by atoms with Gasteiger partial charge in [-0.2, -0.15) is 0 Å². The van der Waals surface area contributed by atoms with Gasteiger partial charge in [0.1, 0.15) is 5.82 Å². The number of hydrogen-bond acceptors (Lipinski definition) is 3. The first-order valence-corrected chi connectivity index (χ1v) is 8.06. The van der Waals surface area contributed by atoms with Crippen LogP contribution in [-0.2, 0) is 16.0 Å². The van der Waals surface area contributed by atoms with Crippen LogP contribution in [0.5, 0.6) is 0 Å². The number of nitrogens with one attached hydrogen (secondary N) is 1. The lowest BCUT2D eigenvalue weighted by Gasteiger charge is -2.35. The Morgan fingerprint density at radius 2 is 2.00 bits per heavy atom. The molecule has 1 aliphatic heterocycles. The topological polar surface area (TPSA) is 69.6 Å². The van der Waals surface area contributed by atoms with E-state index in [9.17, 15) is 14.0 Å². The minimum atomic E-state index is -0.614. The Balaban J connectivity index is 1.81. The molecule has 0 spiro atoms. The van der Waals surface area contributed by atoms with Crippen molar-refractivity contribution in [2.75, 3.05) is 19.7 Å². The quantitative estimate of drug-likeness (QED) is 0.802. The third-order valence-corrected chi connectivity index (χ3v) is 4.16. The number of nitrogens with zero attached hydrogens (tertiary/aromatic N) is 1. The molecule has 0 saturated carbocycles. The fourth-order valence-corrected chi connectivity index (χ4v) is 2.89. The zero-order chi connectivity index (χ0) is 16.7. The summed E-state index contributed by atoms with van der Waals surface area (Å²) in [6.07, 6.45) is 3.78. The Morgan fingerprint density at radius 3 is 2.70 bits per heavy atom. The third-order valence-electron chi connectivity index (χ3n) is 4.16. The van der Waals surface area contributed by atoms with Crippen LogP contribution in [0, 0.1) is 5.82 Å². The van der Waals surface area contributed by atoms with E-state index in [0.29, 0.717) is 25.9 Å². The zero-order valence-corrected chi connectivity index (χ0v) is 13.1. The Morgan fingerprint density at radius 1 is 1.26 bits per heavy atom. The van der Waals surface area contributed by atoms with Crippen molar-refractivity contribution in [3.63, 3.8) is 0 Å². The summed E-state index contributed by atoms with van der Waals surface area (Å²) < 4.78 is 12.8. The van der Waals surface area contributed by atoms with Crippen LogP contribution >= 0.6 is 0 Å². The van der Waals surface area contributed by atoms with Gasteiger partial charge in [-0.15, -0.1) is 0 Å². The molecular formula is C17H23FN2O3. The SMILES string of the molecule is O=C(NCCc1ccc(F)cc1)C(=O)N1CCCCC1CCO. The first-order chi connectivity index (χ1) is 11.1. The summed E-state index contributed by atoms with van der Waals surface area (Å²) in [5.41, 5.74) is 0.898. The van der Waals surface area contributed by atoms with Gasteiger partial charge in [-0.25, -0.2) is 4.39 Å². The molecule has 126 valence electrons. The van der Waals surface area contributed by atoms with Crippen molar-refractivity contribution in [3.05, 3.63) is 35.6 Å². The zero-order valence-electron chi connectivity index (χ0n) is 13.1. The van der Waals surface area contributed by atoms with E-state index in [0.717, 1.165) is 24.8 Å². The smallest absolute Gasteiger partial charge is 0.312 e. The number of rotatable bonds is 5. The molecule has 1 aliphatic rings. The first-order valence-electron chi connectivity index (χ1n) is 8.06. The summed E-state index contributed by atoms with van der Waals surface area (Å²) in [7, 11) is 0. The molecule has 0 bridgehead atoms. The molecule has 1 atom stereocenters. The Bertz CT molecular complexity index is 531. The van der Waals surface area contributed by atoms with Crippen LogP contribution < -0.4 is 5.32 Å². The average Bonchev–Trinajstić information content (AvgIpc) is 2.57. The van der Waals surface area contributed by atoms with E-state index in [2.05, 4.69) is 5.32 Å². The fourth-order valence-electron chi connectivity index (χ4n) is 2.89. The predicted molar refractivity (Wildman–Crippen MR) is 84.2 cm³/mol. The largest absolute Gasteiger partial charge is 0.396 e. The van der Waals surface area contributed by atoms with Gasteiger partial charge in [0.05, 0.1) is 0 Å². The van der Waals surface area contributed by atoms with Crippen LogP contribution in [0.25, 0.3) is 0 Å². The summed E-state index contributed by atoms with van der Waals surface area (Å²) in [6.45, 7) is 0.907. The van der Waals surface area contributed by atoms with E-state index in [4.69, 9.17) is 5.11 Å². The lowest BCUT2D eigenvalue weighted by Crippen LogP contribution is -2.50. The van der Waals surface area contributed by atoms with Crippen LogP contribution in [-0.4, -0.2) is 47.6 Å². The maximum absolute atomic E-state index is 12.8. The first kappa shape index (κ1) is 17.4. The highest BCUT2D eigenvalue weighted by Gasteiger charge is 2.30. The Hall–Kier alpha value is -1.95. The normalized spacial score (nSPS) is 17.8. The molecule has 2 rings (SSSR count). The molecule has 1 fully saturated rings. The van der Waals surface area contributed by atoms with Gasteiger partial charge in [-0.05, 0) is 49.8 Å². The summed E-state index contributed by atoms with van der Waals surface area (Å²) in [6, 6.07) is 6.01. The van der Waals surface area contributed by atoms with E-state index in [1.165, 1.54) is 12.1 Å². The van der Waals surface area contributed by atoms with E-state index < -0.39 is 11.8 Å². The van der Waals surface area contributed by atoms with E-state index in [1.54, 1.807) is 17.0 Å². The predicted octanol–water partition coefficient (Wildman–Crippen LogP) is 1.25. The van der Waals surface area contributed by atoms with Gasteiger partial charge >= 0.3 is 11.8 Å². The maximum atomic E-state index is 12.8. The molecule has 1 unspecified atom stereocenters. The molecule has 0 aliphatic carbocycles. The standard InChI is InChI=1S/C17H23FN2O3/c18-14-6-4-13(5-7-14)8-10-19-16(22)17(23)20-11-2-1-3-15(20)9-12-21/h4-7,15,21H,1-3,8-12H2,(H,19,22). The number of hydrogen-bond donors (Lipinski definition) is 2. The number of likely N-dealkylation sites (tertiary alicyclic amines) is 1. The van der Waals surface area contributed by atoms with Crippen LogP contribution in [0.4, 0.5) is 4.39 Å². The molecular weight excluding hydrogens is 299 g/mol. The van der Waals surface area contributed by atoms with Crippen LogP contribution in [0.3, 0.4) is 0 Å². The average molecular weight is 322 g/mol. The van der Waals surface area contributed by atoms with Crippen molar-refractivity contribution >= 4 is 11.8 Å². The Labute approximate surface area is 135 Å². The van der Waals surface area contributed by atoms with Crippen molar-refractivity contribution in [2.24, 2.45) is 0 Å². The number of piperidine rings is 1. The van der Waals surface area contributed by atoms with Crippen molar-refractivity contribution in [1.29, 1.82) is 0 Å². The molecule has 1 aromatic carbocycles.